The van der Waals surface area contributed by atoms with Crippen LogP contribution in [0.1, 0.15) is 18.1 Å². The molecule has 144 valence electrons. The number of carbonyl (C=O) groups excluding carboxylic acids is 1. The Hall–Kier alpha value is -1.92. The summed E-state index contributed by atoms with van der Waals surface area (Å²) in [5.41, 5.74) is 1.41. The lowest BCUT2D eigenvalue weighted by Crippen LogP contribution is -2.60. The van der Waals surface area contributed by atoms with E-state index in [4.69, 9.17) is 25.8 Å². The van der Waals surface area contributed by atoms with Crippen molar-refractivity contribution in [3.05, 3.63) is 71.8 Å². The number of rotatable bonds is 7. The Bertz CT molecular complexity index is 713. The molecule has 5 nitrogen and oxygen atoms in total. The summed E-state index contributed by atoms with van der Waals surface area (Å²) in [4.78, 5) is 11.8. The van der Waals surface area contributed by atoms with Crippen molar-refractivity contribution in [2.24, 2.45) is 0 Å². The zero-order valence-corrected chi connectivity index (χ0v) is 16.0. The van der Waals surface area contributed by atoms with Crippen LogP contribution in [0.25, 0.3) is 0 Å². The van der Waals surface area contributed by atoms with E-state index in [1.165, 1.54) is 6.92 Å². The monoisotopic (exact) mass is 389 g/mol. The van der Waals surface area contributed by atoms with Crippen LogP contribution in [0.2, 0.25) is 0 Å². The summed E-state index contributed by atoms with van der Waals surface area (Å²) in [5.74, 6) is -0.160. The molecule has 0 saturated carbocycles. The van der Waals surface area contributed by atoms with Gasteiger partial charge >= 0.3 is 0 Å². The number of nitrogens with one attached hydrogen (secondary N) is 1. The maximum Gasteiger partial charge on any atom is 0.217 e. The average Bonchev–Trinajstić information content (AvgIpc) is 2.68. The number of alkyl halides is 1. The summed E-state index contributed by atoms with van der Waals surface area (Å²) < 4.78 is 17.7. The first-order chi connectivity index (χ1) is 13.1. The fourth-order valence-electron chi connectivity index (χ4n) is 3.04. The normalized spacial score (nSPS) is 25.1. The predicted octanol–water partition coefficient (Wildman–Crippen LogP) is 3.26. The van der Waals surface area contributed by atoms with Crippen LogP contribution in [0.3, 0.4) is 0 Å². The third-order valence-corrected chi connectivity index (χ3v) is 4.77. The molecule has 1 aliphatic rings. The van der Waals surface area contributed by atoms with E-state index >= 15 is 0 Å². The molecule has 1 saturated heterocycles. The molecule has 1 N–H and O–H groups in total. The lowest BCUT2D eigenvalue weighted by Gasteiger charge is -2.40. The smallest absolute Gasteiger partial charge is 0.217 e. The number of amides is 1. The first-order valence-electron chi connectivity index (χ1n) is 8.97. The number of halogens is 1. The van der Waals surface area contributed by atoms with Crippen molar-refractivity contribution in [3.8, 4) is 0 Å². The largest absolute Gasteiger partial charge is 0.369 e. The highest BCUT2D eigenvalue weighted by Crippen LogP contribution is 2.25. The van der Waals surface area contributed by atoms with Gasteiger partial charge < -0.3 is 19.5 Å². The molecule has 1 aliphatic heterocycles. The summed E-state index contributed by atoms with van der Waals surface area (Å²) in [7, 11) is 0. The Morgan fingerprint density at radius 2 is 1.59 bits per heavy atom. The molecule has 2 aromatic rings. The molecule has 27 heavy (non-hydrogen) atoms. The zero-order chi connectivity index (χ0) is 19.1. The minimum atomic E-state index is -0.665. The SMILES string of the molecule is CC(=O)N[C@@H]1[C@@H](OCc2ccccc2)[C@@H](Cl)OC[C@H]1OCc1ccccc1. The first-order valence-corrected chi connectivity index (χ1v) is 9.41. The van der Waals surface area contributed by atoms with Crippen molar-refractivity contribution >= 4 is 17.5 Å². The van der Waals surface area contributed by atoms with Crippen LogP contribution in [0.4, 0.5) is 0 Å². The van der Waals surface area contributed by atoms with Crippen molar-refractivity contribution in [1.29, 1.82) is 0 Å². The van der Waals surface area contributed by atoms with Gasteiger partial charge in [0, 0.05) is 6.92 Å². The first kappa shape index (κ1) is 19.8. The fraction of sp³-hybridized carbons (Fsp3) is 0.381. The summed E-state index contributed by atoms with van der Waals surface area (Å²) in [6.07, 6.45) is -0.879. The van der Waals surface area contributed by atoms with Crippen molar-refractivity contribution in [3.63, 3.8) is 0 Å². The van der Waals surface area contributed by atoms with Gasteiger partial charge in [0.1, 0.15) is 12.2 Å². The van der Waals surface area contributed by atoms with Gasteiger partial charge in [0.05, 0.1) is 25.9 Å². The number of hydrogen-bond acceptors (Lipinski definition) is 4. The molecule has 1 heterocycles. The molecule has 1 fully saturated rings. The van der Waals surface area contributed by atoms with Crippen molar-refractivity contribution < 1.29 is 19.0 Å². The average molecular weight is 390 g/mol. The second kappa shape index (κ2) is 9.85. The lowest BCUT2D eigenvalue weighted by atomic mass is 10.0. The van der Waals surface area contributed by atoms with Gasteiger partial charge in [-0.05, 0) is 11.1 Å². The second-order valence-electron chi connectivity index (χ2n) is 6.51. The fourth-order valence-corrected chi connectivity index (χ4v) is 3.35. The third-order valence-electron chi connectivity index (χ3n) is 4.39. The highest BCUT2D eigenvalue weighted by atomic mass is 35.5. The number of hydrogen-bond donors (Lipinski definition) is 1. The summed E-state index contributed by atoms with van der Waals surface area (Å²) in [6.45, 7) is 2.56. The molecule has 0 aromatic heterocycles. The Kier molecular flexibility index (Phi) is 7.24. The molecular formula is C21H24ClNO4. The van der Waals surface area contributed by atoms with Crippen LogP contribution in [0.15, 0.2) is 60.7 Å². The molecule has 0 bridgehead atoms. The van der Waals surface area contributed by atoms with E-state index in [0.717, 1.165) is 11.1 Å². The van der Waals surface area contributed by atoms with E-state index in [9.17, 15) is 4.79 Å². The topological polar surface area (TPSA) is 56.8 Å². The van der Waals surface area contributed by atoms with Crippen molar-refractivity contribution in [2.45, 2.75) is 44.0 Å². The van der Waals surface area contributed by atoms with Crippen LogP contribution in [-0.4, -0.2) is 36.3 Å². The number of benzene rings is 2. The van der Waals surface area contributed by atoms with Gasteiger partial charge in [-0.25, -0.2) is 0 Å². The van der Waals surface area contributed by atoms with Gasteiger partial charge in [-0.3, -0.25) is 4.79 Å². The van der Waals surface area contributed by atoms with Gasteiger partial charge in [0.15, 0.2) is 5.56 Å². The molecule has 0 unspecified atom stereocenters. The highest BCUT2D eigenvalue weighted by Gasteiger charge is 2.41. The summed E-state index contributed by atoms with van der Waals surface area (Å²) in [5, 5.41) is 2.93. The quantitative estimate of drug-likeness (QED) is 0.738. The van der Waals surface area contributed by atoms with Gasteiger partial charge in [-0.1, -0.05) is 72.3 Å². The maximum atomic E-state index is 11.8. The minimum absolute atomic E-state index is 0.160. The van der Waals surface area contributed by atoms with E-state index < -0.39 is 17.7 Å². The molecule has 6 heteroatoms. The van der Waals surface area contributed by atoms with Crippen LogP contribution < -0.4 is 5.32 Å². The van der Waals surface area contributed by atoms with Crippen LogP contribution in [-0.2, 0) is 32.2 Å². The predicted molar refractivity (Wildman–Crippen MR) is 103 cm³/mol. The molecular weight excluding hydrogens is 366 g/mol. The van der Waals surface area contributed by atoms with Gasteiger partial charge in [0.2, 0.25) is 5.91 Å². The van der Waals surface area contributed by atoms with Crippen molar-refractivity contribution in [2.75, 3.05) is 6.61 Å². The standard InChI is InChI=1S/C21H24ClNO4/c1-15(24)23-19-18(25-12-16-8-4-2-5-9-16)14-27-21(22)20(19)26-13-17-10-6-3-7-11-17/h2-11,18-21H,12-14H2,1H3,(H,23,24)/t18-,19+,20-,21+/m1/s1. The Balaban J connectivity index is 1.68. The van der Waals surface area contributed by atoms with E-state index in [1.54, 1.807) is 0 Å². The molecule has 4 atom stereocenters. The molecule has 2 aromatic carbocycles. The van der Waals surface area contributed by atoms with Crippen LogP contribution in [0, 0.1) is 0 Å². The third kappa shape index (κ3) is 5.78. The van der Waals surface area contributed by atoms with E-state index in [0.29, 0.717) is 13.2 Å². The lowest BCUT2D eigenvalue weighted by molar-refractivity contribution is -0.163. The Labute approximate surface area is 164 Å². The number of carbonyl (C=O) groups is 1. The van der Waals surface area contributed by atoms with E-state index in [-0.39, 0.29) is 18.6 Å². The molecule has 1 amide bonds. The summed E-state index contributed by atoms with van der Waals surface area (Å²) in [6, 6.07) is 19.3. The molecule has 0 aliphatic carbocycles. The van der Waals surface area contributed by atoms with Crippen LogP contribution >= 0.6 is 11.6 Å². The minimum Gasteiger partial charge on any atom is -0.369 e. The van der Waals surface area contributed by atoms with Crippen molar-refractivity contribution in [1.82, 2.24) is 5.32 Å². The van der Waals surface area contributed by atoms with Gasteiger partial charge in [0.25, 0.3) is 0 Å². The summed E-state index contributed by atoms with van der Waals surface area (Å²) >= 11 is 6.36. The second-order valence-corrected chi connectivity index (χ2v) is 6.94. The van der Waals surface area contributed by atoms with Crippen LogP contribution in [0.5, 0.6) is 0 Å². The zero-order valence-electron chi connectivity index (χ0n) is 15.2. The van der Waals surface area contributed by atoms with E-state index in [2.05, 4.69) is 5.32 Å². The van der Waals surface area contributed by atoms with E-state index in [1.807, 2.05) is 60.7 Å². The Morgan fingerprint density at radius 1 is 1.04 bits per heavy atom. The molecule has 3 rings (SSSR count). The molecule has 0 spiro atoms. The van der Waals surface area contributed by atoms with Gasteiger partial charge in [-0.2, -0.15) is 0 Å². The van der Waals surface area contributed by atoms with Gasteiger partial charge in [-0.15, -0.1) is 0 Å². The Morgan fingerprint density at radius 3 is 2.15 bits per heavy atom. The molecule has 0 radical (unpaired) electrons. The maximum absolute atomic E-state index is 11.8. The highest BCUT2D eigenvalue weighted by molar-refractivity contribution is 6.20. The number of ether oxygens (including phenoxy) is 3.